The van der Waals surface area contributed by atoms with Crippen molar-refractivity contribution in [1.29, 1.82) is 0 Å². The molecular weight excluding hydrogens is 292 g/mol. The minimum Gasteiger partial charge on any atom is -0.394 e. The highest BCUT2D eigenvalue weighted by molar-refractivity contribution is 7.11. The Hall–Kier alpha value is -1.23. The predicted molar refractivity (Wildman–Crippen MR) is 91.3 cm³/mol. The van der Waals surface area contributed by atoms with Gasteiger partial charge in [-0.15, -0.1) is 11.3 Å². The second-order valence-corrected chi connectivity index (χ2v) is 7.22. The lowest BCUT2D eigenvalue weighted by atomic mass is 9.96. The molecule has 1 heterocycles. The minimum atomic E-state index is -0.00994. The molecule has 2 atom stereocenters. The molecule has 0 fully saturated rings. The molecule has 3 rings (SSSR count). The highest BCUT2D eigenvalue weighted by Gasteiger charge is 2.26. The molecule has 0 bridgehead atoms. The number of thiazole rings is 1. The second-order valence-electron chi connectivity index (χ2n) is 5.99. The Balaban J connectivity index is 1.78. The molecule has 1 aliphatic rings. The van der Waals surface area contributed by atoms with E-state index in [4.69, 9.17) is 0 Å². The van der Waals surface area contributed by atoms with E-state index in [-0.39, 0.29) is 12.6 Å². The molecule has 0 aliphatic heterocycles. The number of nitrogens with zero attached hydrogens (tertiary/aromatic N) is 1. The lowest BCUT2D eigenvalue weighted by Crippen LogP contribution is -2.30. The first-order valence-electron chi connectivity index (χ1n) is 8.13. The third kappa shape index (κ3) is 3.24. The van der Waals surface area contributed by atoms with Gasteiger partial charge < -0.3 is 10.4 Å². The number of aliphatic hydroxyl groups is 1. The molecule has 2 unspecified atom stereocenters. The van der Waals surface area contributed by atoms with Crippen LogP contribution in [-0.2, 0) is 12.8 Å². The van der Waals surface area contributed by atoms with E-state index in [1.165, 1.54) is 22.6 Å². The summed E-state index contributed by atoms with van der Waals surface area (Å²) in [6, 6.07) is 8.89. The number of nitrogens with one attached hydrogen (secondary N) is 1. The van der Waals surface area contributed by atoms with Crippen LogP contribution in [0.5, 0.6) is 0 Å². The van der Waals surface area contributed by atoms with E-state index in [2.05, 4.69) is 48.4 Å². The van der Waals surface area contributed by atoms with Crippen LogP contribution < -0.4 is 5.32 Å². The fourth-order valence-electron chi connectivity index (χ4n) is 3.18. The second kappa shape index (κ2) is 6.90. The maximum atomic E-state index is 9.82. The van der Waals surface area contributed by atoms with E-state index in [0.29, 0.717) is 6.04 Å². The Morgan fingerprint density at radius 3 is 2.82 bits per heavy atom. The molecule has 2 aromatic rings. The highest BCUT2D eigenvalue weighted by atomic mass is 32.1. The molecule has 3 nitrogen and oxygen atoms in total. The van der Waals surface area contributed by atoms with Crippen molar-refractivity contribution in [3.8, 4) is 0 Å². The summed E-state index contributed by atoms with van der Waals surface area (Å²) in [6.45, 7) is 4.36. The van der Waals surface area contributed by atoms with E-state index in [0.717, 1.165) is 29.8 Å². The maximum absolute atomic E-state index is 9.82. The number of fused-ring (bicyclic) bond motifs is 1. The van der Waals surface area contributed by atoms with Gasteiger partial charge in [0.05, 0.1) is 23.4 Å². The largest absolute Gasteiger partial charge is 0.394 e. The summed E-state index contributed by atoms with van der Waals surface area (Å²) >= 11 is 1.80. The molecule has 22 heavy (non-hydrogen) atoms. The fraction of sp³-hybridized carbons (Fsp3) is 0.500. The van der Waals surface area contributed by atoms with Gasteiger partial charge in [-0.2, -0.15) is 0 Å². The summed E-state index contributed by atoms with van der Waals surface area (Å²) in [5, 5.41) is 14.6. The van der Waals surface area contributed by atoms with Crippen LogP contribution in [0.15, 0.2) is 24.3 Å². The lowest BCUT2D eigenvalue weighted by Gasteiger charge is -2.27. The van der Waals surface area contributed by atoms with Crippen LogP contribution in [0.4, 0.5) is 0 Å². The van der Waals surface area contributed by atoms with Gasteiger partial charge in [-0.1, -0.05) is 31.2 Å². The van der Waals surface area contributed by atoms with E-state index in [1.807, 2.05) is 0 Å². The predicted octanol–water partition coefficient (Wildman–Crippen LogP) is 3.71. The third-order valence-corrected chi connectivity index (χ3v) is 5.56. The van der Waals surface area contributed by atoms with Gasteiger partial charge in [0, 0.05) is 10.9 Å². The highest BCUT2D eigenvalue weighted by Crippen LogP contribution is 2.35. The quantitative estimate of drug-likeness (QED) is 0.884. The van der Waals surface area contributed by atoms with Gasteiger partial charge in [-0.05, 0) is 43.7 Å². The van der Waals surface area contributed by atoms with Gasteiger partial charge in [0.15, 0.2) is 0 Å². The van der Waals surface area contributed by atoms with E-state index < -0.39 is 0 Å². The van der Waals surface area contributed by atoms with E-state index >= 15 is 0 Å². The number of aryl methyl sites for hydroxylation is 3. The van der Waals surface area contributed by atoms with Crippen molar-refractivity contribution in [3.05, 3.63) is 51.0 Å². The Kier molecular flexibility index (Phi) is 4.91. The van der Waals surface area contributed by atoms with Crippen LogP contribution >= 0.6 is 11.3 Å². The summed E-state index contributed by atoms with van der Waals surface area (Å²) in [5.74, 6) is 0. The SMILES string of the molecule is CCc1ccc(C(CO)NC2CCCc3nc(C)sc32)cc1. The van der Waals surface area contributed by atoms with Crippen LogP contribution in [0.1, 0.15) is 58.6 Å². The Labute approximate surface area is 136 Å². The average Bonchev–Trinajstić information content (AvgIpc) is 2.93. The van der Waals surface area contributed by atoms with Crippen LogP contribution in [0.3, 0.4) is 0 Å². The average molecular weight is 316 g/mol. The Morgan fingerprint density at radius 1 is 1.36 bits per heavy atom. The van der Waals surface area contributed by atoms with Gasteiger partial charge in [0.2, 0.25) is 0 Å². The number of aliphatic hydroxyl groups excluding tert-OH is 1. The van der Waals surface area contributed by atoms with Gasteiger partial charge in [-0.25, -0.2) is 4.98 Å². The first-order chi connectivity index (χ1) is 10.7. The number of rotatable bonds is 5. The fourth-order valence-corrected chi connectivity index (χ4v) is 4.25. The number of hydrogen-bond acceptors (Lipinski definition) is 4. The summed E-state index contributed by atoms with van der Waals surface area (Å²) in [5.41, 5.74) is 3.75. The van der Waals surface area contributed by atoms with Crippen molar-refractivity contribution in [2.24, 2.45) is 0 Å². The molecule has 2 N–H and O–H groups in total. The van der Waals surface area contributed by atoms with Crippen molar-refractivity contribution < 1.29 is 5.11 Å². The van der Waals surface area contributed by atoms with Gasteiger partial charge in [-0.3, -0.25) is 0 Å². The smallest absolute Gasteiger partial charge is 0.0900 e. The molecule has 0 spiro atoms. The minimum absolute atomic E-state index is 0.00994. The van der Waals surface area contributed by atoms with Gasteiger partial charge in [0.1, 0.15) is 0 Å². The molecule has 4 heteroatoms. The summed E-state index contributed by atoms with van der Waals surface area (Å²) in [4.78, 5) is 6.01. The number of aromatic nitrogens is 1. The molecule has 0 saturated carbocycles. The maximum Gasteiger partial charge on any atom is 0.0900 e. The normalized spacial score (nSPS) is 19.0. The topological polar surface area (TPSA) is 45.1 Å². The van der Waals surface area contributed by atoms with Gasteiger partial charge in [0.25, 0.3) is 0 Å². The number of hydrogen-bond donors (Lipinski definition) is 2. The van der Waals surface area contributed by atoms with Crippen LogP contribution in [0.2, 0.25) is 0 Å². The summed E-state index contributed by atoms with van der Waals surface area (Å²) in [6.07, 6.45) is 4.43. The molecule has 1 aromatic carbocycles. The monoisotopic (exact) mass is 316 g/mol. The molecule has 118 valence electrons. The van der Waals surface area contributed by atoms with Crippen LogP contribution in [0.25, 0.3) is 0 Å². The summed E-state index contributed by atoms with van der Waals surface area (Å²) < 4.78 is 0. The zero-order valence-corrected chi connectivity index (χ0v) is 14.1. The zero-order valence-electron chi connectivity index (χ0n) is 13.3. The van der Waals surface area contributed by atoms with E-state index in [1.54, 1.807) is 11.3 Å². The third-order valence-electron chi connectivity index (χ3n) is 4.43. The molecule has 1 aliphatic carbocycles. The standard InChI is InChI=1S/C18H24N2OS/c1-3-13-7-9-14(10-8-13)17(11-21)20-16-6-4-5-15-18(16)22-12(2)19-15/h7-10,16-17,20-21H,3-6,11H2,1-2H3. The van der Waals surface area contributed by atoms with Crippen molar-refractivity contribution >= 4 is 11.3 Å². The lowest BCUT2D eigenvalue weighted by molar-refractivity contribution is 0.229. The van der Waals surface area contributed by atoms with Crippen LogP contribution in [0, 0.1) is 6.92 Å². The first-order valence-corrected chi connectivity index (χ1v) is 8.94. The number of benzene rings is 1. The van der Waals surface area contributed by atoms with Crippen molar-refractivity contribution in [3.63, 3.8) is 0 Å². The zero-order chi connectivity index (χ0) is 15.5. The van der Waals surface area contributed by atoms with Gasteiger partial charge >= 0.3 is 0 Å². The molecule has 0 saturated heterocycles. The van der Waals surface area contributed by atoms with E-state index in [9.17, 15) is 5.11 Å². The molecule has 0 amide bonds. The molecular formula is C18H24N2OS. The van der Waals surface area contributed by atoms with Crippen molar-refractivity contribution in [2.75, 3.05) is 6.61 Å². The van der Waals surface area contributed by atoms with Crippen molar-refractivity contribution in [1.82, 2.24) is 10.3 Å². The summed E-state index contributed by atoms with van der Waals surface area (Å²) in [7, 11) is 0. The van der Waals surface area contributed by atoms with Crippen LogP contribution in [-0.4, -0.2) is 16.7 Å². The first kappa shape index (κ1) is 15.7. The Morgan fingerprint density at radius 2 is 2.14 bits per heavy atom. The van der Waals surface area contributed by atoms with Crippen molar-refractivity contribution in [2.45, 2.75) is 51.6 Å². The Bertz CT molecular complexity index is 621. The molecule has 0 radical (unpaired) electrons. The molecule has 1 aromatic heterocycles.